The minimum atomic E-state index is -0.856. The fraction of sp³-hybridized carbons (Fsp3) is 0.385. The molecule has 0 amide bonds. The van der Waals surface area contributed by atoms with Crippen molar-refractivity contribution in [3.05, 3.63) is 47.0 Å². The van der Waals surface area contributed by atoms with Crippen LogP contribution >= 0.6 is 0 Å². The Labute approximate surface area is 93.4 Å². The van der Waals surface area contributed by atoms with Crippen LogP contribution in [-0.4, -0.2) is 11.2 Å². The summed E-state index contributed by atoms with van der Waals surface area (Å²) in [5.41, 5.74) is 1.64. The molecule has 3 heteroatoms. The molecule has 0 aliphatic heterocycles. The van der Waals surface area contributed by atoms with Crippen LogP contribution in [0.2, 0.25) is 0 Å². The molecule has 16 heavy (non-hydrogen) atoms. The molecule has 1 N–H and O–H groups in total. The third kappa shape index (κ3) is 2.47. The van der Waals surface area contributed by atoms with E-state index in [2.05, 4.69) is 0 Å². The molecule has 0 heterocycles. The highest BCUT2D eigenvalue weighted by Crippen LogP contribution is 2.23. The summed E-state index contributed by atoms with van der Waals surface area (Å²) in [4.78, 5) is 0. The van der Waals surface area contributed by atoms with Gasteiger partial charge in [0, 0.05) is 6.42 Å². The topological polar surface area (TPSA) is 20.2 Å². The van der Waals surface area contributed by atoms with E-state index in [4.69, 9.17) is 0 Å². The lowest BCUT2D eigenvalue weighted by Crippen LogP contribution is -2.12. The van der Waals surface area contributed by atoms with Crippen molar-refractivity contribution >= 4 is 0 Å². The standard InChI is InChI=1S/C13H14F2O/c14-11-6-5-9(7-12(11)15)8-13(16)10-3-1-2-4-10/h3,5-7,13,16H,1-2,4,8H2. The average Bonchev–Trinajstić information content (AvgIpc) is 2.77. The molecule has 2 rings (SSSR count). The highest BCUT2D eigenvalue weighted by atomic mass is 19.2. The molecule has 0 aromatic heterocycles. The van der Waals surface area contributed by atoms with Gasteiger partial charge in [-0.05, 0) is 42.5 Å². The lowest BCUT2D eigenvalue weighted by Gasteiger charge is -2.12. The van der Waals surface area contributed by atoms with E-state index in [1.807, 2.05) is 6.08 Å². The number of hydrogen-bond donors (Lipinski definition) is 1. The van der Waals surface area contributed by atoms with Crippen molar-refractivity contribution in [3.8, 4) is 0 Å². The number of aliphatic hydroxyl groups excluding tert-OH is 1. The number of rotatable bonds is 3. The van der Waals surface area contributed by atoms with Crippen LogP contribution in [0.15, 0.2) is 29.8 Å². The third-order valence-corrected chi connectivity index (χ3v) is 2.92. The Bertz CT molecular complexity index is 412. The lowest BCUT2D eigenvalue weighted by atomic mass is 10.0. The van der Waals surface area contributed by atoms with Crippen molar-refractivity contribution in [2.24, 2.45) is 0 Å². The van der Waals surface area contributed by atoms with Gasteiger partial charge in [0.15, 0.2) is 11.6 Å². The molecule has 1 unspecified atom stereocenters. The fourth-order valence-corrected chi connectivity index (χ4v) is 2.02. The summed E-state index contributed by atoms with van der Waals surface area (Å²) >= 11 is 0. The second-order valence-electron chi connectivity index (χ2n) is 4.14. The highest BCUT2D eigenvalue weighted by Gasteiger charge is 2.15. The average molecular weight is 224 g/mol. The second-order valence-corrected chi connectivity index (χ2v) is 4.14. The first-order valence-corrected chi connectivity index (χ1v) is 5.48. The first-order chi connectivity index (χ1) is 7.66. The maximum atomic E-state index is 12.9. The van der Waals surface area contributed by atoms with Crippen molar-refractivity contribution in [2.45, 2.75) is 31.8 Å². The lowest BCUT2D eigenvalue weighted by molar-refractivity contribution is 0.208. The summed E-state index contributed by atoms with van der Waals surface area (Å²) in [6, 6.07) is 3.76. The molecule has 0 saturated heterocycles. The first-order valence-electron chi connectivity index (χ1n) is 5.48. The Morgan fingerprint density at radius 3 is 2.69 bits per heavy atom. The zero-order valence-corrected chi connectivity index (χ0v) is 8.92. The van der Waals surface area contributed by atoms with E-state index in [1.165, 1.54) is 6.07 Å². The first kappa shape index (κ1) is 11.3. The van der Waals surface area contributed by atoms with Gasteiger partial charge in [0.25, 0.3) is 0 Å². The monoisotopic (exact) mass is 224 g/mol. The van der Waals surface area contributed by atoms with E-state index < -0.39 is 17.7 Å². The molecule has 1 aromatic carbocycles. The summed E-state index contributed by atoms with van der Waals surface area (Å²) in [6.07, 6.45) is 4.81. The molecule has 1 aliphatic rings. The molecular weight excluding hydrogens is 210 g/mol. The largest absolute Gasteiger partial charge is 0.388 e. The molecule has 0 saturated carbocycles. The smallest absolute Gasteiger partial charge is 0.159 e. The predicted octanol–water partition coefficient (Wildman–Crippen LogP) is 2.98. The van der Waals surface area contributed by atoms with Crippen LogP contribution in [0.25, 0.3) is 0 Å². The molecule has 0 bridgehead atoms. The maximum absolute atomic E-state index is 12.9. The molecule has 1 nitrogen and oxygen atoms in total. The Morgan fingerprint density at radius 2 is 2.06 bits per heavy atom. The van der Waals surface area contributed by atoms with Gasteiger partial charge in [0.1, 0.15) is 0 Å². The summed E-state index contributed by atoms with van der Waals surface area (Å²) in [7, 11) is 0. The van der Waals surface area contributed by atoms with Gasteiger partial charge < -0.3 is 5.11 Å². The van der Waals surface area contributed by atoms with Gasteiger partial charge in [-0.15, -0.1) is 0 Å². The van der Waals surface area contributed by atoms with E-state index in [0.717, 1.165) is 37.0 Å². The van der Waals surface area contributed by atoms with Crippen LogP contribution < -0.4 is 0 Å². The van der Waals surface area contributed by atoms with Crippen LogP contribution in [0.1, 0.15) is 24.8 Å². The Balaban J connectivity index is 2.05. The van der Waals surface area contributed by atoms with Gasteiger partial charge in [-0.1, -0.05) is 12.1 Å². The van der Waals surface area contributed by atoms with Crippen molar-refractivity contribution < 1.29 is 13.9 Å². The number of benzene rings is 1. The van der Waals surface area contributed by atoms with E-state index in [1.54, 1.807) is 0 Å². The normalized spacial score (nSPS) is 17.3. The molecule has 0 spiro atoms. The van der Waals surface area contributed by atoms with Crippen molar-refractivity contribution in [1.29, 1.82) is 0 Å². The van der Waals surface area contributed by atoms with Crippen LogP contribution in [0.4, 0.5) is 8.78 Å². The van der Waals surface area contributed by atoms with Gasteiger partial charge in [-0.25, -0.2) is 8.78 Å². The van der Waals surface area contributed by atoms with E-state index in [0.29, 0.717) is 12.0 Å². The van der Waals surface area contributed by atoms with E-state index in [9.17, 15) is 13.9 Å². The number of hydrogen-bond acceptors (Lipinski definition) is 1. The summed E-state index contributed by atoms with van der Waals surface area (Å²) in [5.74, 6) is -1.71. The number of allylic oxidation sites excluding steroid dienone is 1. The predicted molar refractivity (Wildman–Crippen MR) is 58.0 cm³/mol. The molecule has 86 valence electrons. The van der Waals surface area contributed by atoms with Gasteiger partial charge in [-0.3, -0.25) is 0 Å². The number of halogens is 2. The molecule has 1 aromatic rings. The maximum Gasteiger partial charge on any atom is 0.159 e. The fourth-order valence-electron chi connectivity index (χ4n) is 2.02. The third-order valence-electron chi connectivity index (χ3n) is 2.92. The Kier molecular flexibility index (Phi) is 3.34. The van der Waals surface area contributed by atoms with Crippen LogP contribution in [0.3, 0.4) is 0 Å². The zero-order chi connectivity index (χ0) is 11.5. The van der Waals surface area contributed by atoms with E-state index in [-0.39, 0.29) is 0 Å². The molecule has 0 fully saturated rings. The minimum Gasteiger partial charge on any atom is -0.388 e. The highest BCUT2D eigenvalue weighted by molar-refractivity contribution is 5.22. The second kappa shape index (κ2) is 4.74. The zero-order valence-electron chi connectivity index (χ0n) is 8.92. The van der Waals surface area contributed by atoms with Gasteiger partial charge in [0.2, 0.25) is 0 Å². The van der Waals surface area contributed by atoms with Gasteiger partial charge in [-0.2, -0.15) is 0 Å². The molecule has 0 radical (unpaired) electrons. The van der Waals surface area contributed by atoms with Crippen LogP contribution in [0, 0.1) is 11.6 Å². The van der Waals surface area contributed by atoms with Gasteiger partial charge in [0.05, 0.1) is 6.10 Å². The molecular formula is C13H14F2O. The summed E-state index contributed by atoms with van der Waals surface area (Å²) in [6.45, 7) is 0. The number of aliphatic hydroxyl groups is 1. The van der Waals surface area contributed by atoms with Crippen LogP contribution in [0.5, 0.6) is 0 Å². The Morgan fingerprint density at radius 1 is 1.25 bits per heavy atom. The van der Waals surface area contributed by atoms with Crippen molar-refractivity contribution in [2.75, 3.05) is 0 Å². The van der Waals surface area contributed by atoms with E-state index >= 15 is 0 Å². The van der Waals surface area contributed by atoms with Crippen molar-refractivity contribution in [3.63, 3.8) is 0 Å². The minimum absolute atomic E-state index is 0.350. The molecule has 1 aliphatic carbocycles. The SMILES string of the molecule is OC(Cc1ccc(F)c(F)c1)C1=CCCC1. The van der Waals surface area contributed by atoms with Crippen LogP contribution in [-0.2, 0) is 6.42 Å². The Hall–Kier alpha value is -1.22. The summed E-state index contributed by atoms with van der Waals surface area (Å²) < 4.78 is 25.6. The summed E-state index contributed by atoms with van der Waals surface area (Å²) in [5, 5.41) is 9.88. The van der Waals surface area contributed by atoms with Crippen molar-refractivity contribution in [1.82, 2.24) is 0 Å². The molecule has 1 atom stereocenters. The quantitative estimate of drug-likeness (QED) is 0.782. The van der Waals surface area contributed by atoms with Gasteiger partial charge >= 0.3 is 0 Å².